The van der Waals surface area contributed by atoms with Crippen molar-refractivity contribution < 1.29 is 28.6 Å². The molecule has 164 valence electrons. The van der Waals surface area contributed by atoms with Crippen molar-refractivity contribution in [1.82, 2.24) is 10.2 Å². The minimum absolute atomic E-state index is 0.0751. The Kier molecular flexibility index (Phi) is 7.86. The van der Waals surface area contributed by atoms with E-state index < -0.39 is 23.9 Å². The van der Waals surface area contributed by atoms with Crippen LogP contribution in [0, 0.1) is 11.8 Å². The van der Waals surface area contributed by atoms with Gasteiger partial charge < -0.3 is 19.5 Å². The zero-order valence-electron chi connectivity index (χ0n) is 18.4. The molecular formula is C22H30N2O6. The molecule has 0 aliphatic carbocycles. The molecule has 8 heteroatoms. The lowest BCUT2D eigenvalue weighted by Gasteiger charge is -2.36. The second kappa shape index (κ2) is 10.1. The van der Waals surface area contributed by atoms with E-state index >= 15 is 0 Å². The fourth-order valence-electron chi connectivity index (χ4n) is 3.89. The predicted octanol–water partition coefficient (Wildman–Crippen LogP) is 3.39. The molecule has 1 unspecified atom stereocenters. The number of carbonyl (C=O) groups is 3. The van der Waals surface area contributed by atoms with Crippen molar-refractivity contribution in [3.8, 4) is 0 Å². The summed E-state index contributed by atoms with van der Waals surface area (Å²) in [6.07, 6.45) is 7.38. The van der Waals surface area contributed by atoms with E-state index in [9.17, 15) is 14.4 Å². The number of rotatable bonds is 6. The lowest BCUT2D eigenvalue weighted by Crippen LogP contribution is -2.37. The molecule has 8 nitrogen and oxygen atoms in total. The first kappa shape index (κ1) is 23.3. The molecule has 0 radical (unpaired) electrons. The number of esters is 2. The van der Waals surface area contributed by atoms with Crippen LogP contribution in [0.5, 0.6) is 0 Å². The molecule has 0 saturated carbocycles. The summed E-state index contributed by atoms with van der Waals surface area (Å²) < 4.78 is 14.9. The number of ether oxygens (including phenoxy) is 3. The number of dihydropyridines is 1. The number of allylic oxidation sites excluding steroid dienone is 4. The zero-order chi connectivity index (χ0) is 22.4. The summed E-state index contributed by atoms with van der Waals surface area (Å²) in [7, 11) is 3.89. The van der Waals surface area contributed by atoms with Crippen LogP contribution in [0.2, 0.25) is 0 Å². The van der Waals surface area contributed by atoms with Gasteiger partial charge in [0.2, 0.25) is 0 Å². The van der Waals surface area contributed by atoms with E-state index in [1.807, 2.05) is 6.08 Å². The highest BCUT2D eigenvalue weighted by molar-refractivity contribution is 5.99. The van der Waals surface area contributed by atoms with Crippen molar-refractivity contribution in [1.29, 1.82) is 0 Å². The molecule has 0 aromatic heterocycles. The predicted molar refractivity (Wildman–Crippen MR) is 111 cm³/mol. The van der Waals surface area contributed by atoms with E-state index in [1.54, 1.807) is 26.2 Å². The smallest absolute Gasteiger partial charge is 0.417 e. The summed E-state index contributed by atoms with van der Waals surface area (Å²) in [6, 6.07) is 0. The average molecular weight is 418 g/mol. The molecule has 30 heavy (non-hydrogen) atoms. The van der Waals surface area contributed by atoms with Crippen molar-refractivity contribution in [2.24, 2.45) is 11.8 Å². The highest BCUT2D eigenvalue weighted by Gasteiger charge is 2.41. The number of unbranched alkanes of at least 4 members (excludes halogenated alkanes) is 1. The number of hydrogen-bond donors (Lipinski definition) is 1. The molecule has 0 aromatic rings. The Balaban J connectivity index is 2.70. The van der Waals surface area contributed by atoms with E-state index in [1.165, 1.54) is 26.2 Å². The van der Waals surface area contributed by atoms with E-state index in [-0.39, 0.29) is 5.92 Å². The largest absolute Gasteiger partial charge is 0.466 e. The molecule has 2 aliphatic rings. The fourth-order valence-corrected chi connectivity index (χ4v) is 3.89. The lowest BCUT2D eigenvalue weighted by atomic mass is 9.74. The second-order valence-corrected chi connectivity index (χ2v) is 7.22. The standard InChI is InChI=1S/C22H30N2O6/c1-7-8-9-15-10-11-24(22(27)30-6)12-16(15)19-17(20(25)28-4)13(2)23-14(3)18(19)21(26)29-5/h10-12,15,19,23H,7-9H2,1-6H3. The van der Waals surface area contributed by atoms with Gasteiger partial charge in [0.1, 0.15) is 0 Å². The topological polar surface area (TPSA) is 94.2 Å². The Hall–Kier alpha value is -3.03. The minimum Gasteiger partial charge on any atom is -0.466 e. The average Bonchev–Trinajstić information content (AvgIpc) is 2.75. The Morgan fingerprint density at radius 1 is 1.00 bits per heavy atom. The molecule has 0 spiro atoms. The van der Waals surface area contributed by atoms with Gasteiger partial charge in [-0.1, -0.05) is 25.8 Å². The van der Waals surface area contributed by atoms with E-state index in [0.717, 1.165) is 24.8 Å². The minimum atomic E-state index is -0.717. The molecule has 2 rings (SSSR count). The van der Waals surface area contributed by atoms with Gasteiger partial charge in [0.15, 0.2) is 0 Å². The van der Waals surface area contributed by atoms with Gasteiger partial charge in [-0.05, 0) is 25.8 Å². The first-order valence-electron chi connectivity index (χ1n) is 9.91. The van der Waals surface area contributed by atoms with Gasteiger partial charge in [0, 0.05) is 29.7 Å². The van der Waals surface area contributed by atoms with Gasteiger partial charge in [-0.25, -0.2) is 14.4 Å². The number of carbonyl (C=O) groups excluding carboxylic acids is 3. The quantitative estimate of drug-likeness (QED) is 0.522. The van der Waals surface area contributed by atoms with E-state index in [0.29, 0.717) is 22.5 Å². The number of methoxy groups -OCH3 is 3. The highest BCUT2D eigenvalue weighted by Crippen LogP contribution is 2.42. The van der Waals surface area contributed by atoms with Crippen molar-refractivity contribution >= 4 is 18.0 Å². The first-order chi connectivity index (χ1) is 14.3. The summed E-state index contributed by atoms with van der Waals surface area (Å²) in [6.45, 7) is 5.61. The van der Waals surface area contributed by atoms with Crippen LogP contribution in [0.25, 0.3) is 0 Å². The Morgan fingerprint density at radius 2 is 1.57 bits per heavy atom. The number of nitrogens with one attached hydrogen (secondary N) is 1. The van der Waals surface area contributed by atoms with Crippen LogP contribution in [0.15, 0.2) is 46.6 Å². The van der Waals surface area contributed by atoms with Crippen LogP contribution in [-0.2, 0) is 23.8 Å². The van der Waals surface area contributed by atoms with Crippen LogP contribution < -0.4 is 5.32 Å². The van der Waals surface area contributed by atoms with Crippen LogP contribution in [0.3, 0.4) is 0 Å². The molecule has 1 amide bonds. The third-order valence-corrected chi connectivity index (χ3v) is 5.35. The second-order valence-electron chi connectivity index (χ2n) is 7.22. The maximum atomic E-state index is 12.7. The summed E-state index contributed by atoms with van der Waals surface area (Å²) >= 11 is 0. The van der Waals surface area contributed by atoms with Crippen LogP contribution in [0.1, 0.15) is 40.0 Å². The monoisotopic (exact) mass is 418 g/mol. The third-order valence-electron chi connectivity index (χ3n) is 5.35. The molecular weight excluding hydrogens is 388 g/mol. The van der Waals surface area contributed by atoms with Gasteiger partial charge in [-0.3, -0.25) is 4.90 Å². The Bertz CT molecular complexity index is 799. The van der Waals surface area contributed by atoms with E-state index in [4.69, 9.17) is 14.2 Å². The van der Waals surface area contributed by atoms with Gasteiger partial charge in [-0.15, -0.1) is 0 Å². The van der Waals surface area contributed by atoms with E-state index in [2.05, 4.69) is 12.2 Å². The van der Waals surface area contributed by atoms with Crippen LogP contribution in [0.4, 0.5) is 4.79 Å². The summed E-state index contributed by atoms with van der Waals surface area (Å²) in [5.41, 5.74) is 2.54. The highest BCUT2D eigenvalue weighted by atomic mass is 16.5. The molecule has 1 N–H and O–H groups in total. The molecule has 2 aliphatic heterocycles. The van der Waals surface area contributed by atoms with Gasteiger partial charge in [0.05, 0.1) is 38.4 Å². The molecule has 0 bridgehead atoms. The molecule has 0 fully saturated rings. The van der Waals surface area contributed by atoms with Crippen molar-refractivity contribution in [3.05, 3.63) is 46.6 Å². The zero-order valence-corrected chi connectivity index (χ0v) is 18.4. The maximum Gasteiger partial charge on any atom is 0.417 e. The van der Waals surface area contributed by atoms with Gasteiger partial charge in [0.25, 0.3) is 0 Å². The normalized spacial score (nSPS) is 19.3. The van der Waals surface area contributed by atoms with Crippen molar-refractivity contribution in [2.45, 2.75) is 40.0 Å². The molecule has 0 saturated heterocycles. The van der Waals surface area contributed by atoms with Gasteiger partial charge >= 0.3 is 18.0 Å². The molecule has 1 atom stereocenters. The third kappa shape index (κ3) is 4.58. The number of nitrogens with zero attached hydrogens (tertiary/aromatic N) is 1. The number of amides is 1. The summed E-state index contributed by atoms with van der Waals surface area (Å²) in [5, 5.41) is 3.09. The van der Waals surface area contributed by atoms with Crippen molar-refractivity contribution in [3.63, 3.8) is 0 Å². The van der Waals surface area contributed by atoms with Crippen LogP contribution >= 0.6 is 0 Å². The molecule has 0 aromatic carbocycles. The summed E-state index contributed by atoms with van der Waals surface area (Å²) in [4.78, 5) is 39.0. The Morgan fingerprint density at radius 3 is 2.03 bits per heavy atom. The van der Waals surface area contributed by atoms with Gasteiger partial charge in [-0.2, -0.15) is 0 Å². The maximum absolute atomic E-state index is 12.7. The number of hydrogen-bond acceptors (Lipinski definition) is 7. The first-order valence-corrected chi connectivity index (χ1v) is 9.91. The molecule has 2 heterocycles. The van der Waals surface area contributed by atoms with Crippen molar-refractivity contribution in [2.75, 3.05) is 21.3 Å². The lowest BCUT2D eigenvalue weighted by molar-refractivity contribution is -0.137. The fraction of sp³-hybridized carbons (Fsp3) is 0.500. The Labute approximate surface area is 177 Å². The summed E-state index contributed by atoms with van der Waals surface area (Å²) in [5.74, 6) is -1.89. The van der Waals surface area contributed by atoms with Crippen LogP contribution in [-0.4, -0.2) is 44.3 Å². The SMILES string of the molecule is CCCCC1C=CN(C(=O)OC)C=C1C1C(C(=O)OC)=C(C)NC(C)=C1C(=O)OC.